The molecule has 0 radical (unpaired) electrons. The van der Waals surface area contributed by atoms with Gasteiger partial charge in [-0.15, -0.1) is 0 Å². The van der Waals surface area contributed by atoms with E-state index < -0.39 is 0 Å². The number of carbonyl (C=O) groups excluding carboxylic acids is 1. The molecule has 0 aliphatic carbocycles. The molecule has 0 spiro atoms. The Morgan fingerprint density at radius 1 is 0.710 bits per heavy atom. The SMILES string of the molecule is CCCCCCCCCCCCCCC(CCOC(=O)NCCCCCC)CN(C)C. The molecule has 4 heteroatoms. The van der Waals surface area contributed by atoms with Crippen LogP contribution in [0.5, 0.6) is 0 Å². The Morgan fingerprint density at radius 2 is 1.19 bits per heavy atom. The molecule has 0 saturated heterocycles. The Hall–Kier alpha value is -0.770. The molecule has 1 atom stereocenters. The maximum Gasteiger partial charge on any atom is 0.407 e. The number of unbranched alkanes of at least 4 members (excludes halogenated alkanes) is 14. The Bertz CT molecular complexity index is 374. The monoisotopic (exact) mass is 440 g/mol. The van der Waals surface area contributed by atoms with E-state index in [9.17, 15) is 4.79 Å². The lowest BCUT2D eigenvalue weighted by molar-refractivity contribution is 0.133. The van der Waals surface area contributed by atoms with E-state index in [-0.39, 0.29) is 6.09 Å². The molecule has 0 aromatic carbocycles. The fourth-order valence-corrected chi connectivity index (χ4v) is 4.23. The van der Waals surface area contributed by atoms with Crippen LogP contribution < -0.4 is 5.32 Å². The summed E-state index contributed by atoms with van der Waals surface area (Å²) in [4.78, 5) is 14.1. The van der Waals surface area contributed by atoms with Crippen molar-refractivity contribution in [2.75, 3.05) is 33.8 Å². The molecule has 0 rings (SSSR count). The summed E-state index contributed by atoms with van der Waals surface area (Å²) in [5, 5.41) is 2.88. The minimum absolute atomic E-state index is 0.245. The molecule has 0 aromatic heterocycles. The number of rotatable bonds is 23. The smallest absolute Gasteiger partial charge is 0.407 e. The lowest BCUT2D eigenvalue weighted by Gasteiger charge is -2.21. The molecule has 0 heterocycles. The minimum Gasteiger partial charge on any atom is -0.450 e. The van der Waals surface area contributed by atoms with Gasteiger partial charge < -0.3 is 15.0 Å². The summed E-state index contributed by atoms with van der Waals surface area (Å²) in [7, 11) is 4.28. The van der Waals surface area contributed by atoms with Crippen molar-refractivity contribution in [3.05, 3.63) is 0 Å². The first-order valence-corrected chi connectivity index (χ1v) is 13.7. The van der Waals surface area contributed by atoms with Crippen LogP contribution in [-0.4, -0.2) is 44.8 Å². The highest BCUT2D eigenvalue weighted by atomic mass is 16.5. The van der Waals surface area contributed by atoms with Crippen molar-refractivity contribution < 1.29 is 9.53 Å². The van der Waals surface area contributed by atoms with Gasteiger partial charge in [0.2, 0.25) is 0 Å². The van der Waals surface area contributed by atoms with Gasteiger partial charge in [0.1, 0.15) is 0 Å². The van der Waals surface area contributed by atoms with Gasteiger partial charge in [-0.3, -0.25) is 0 Å². The van der Waals surface area contributed by atoms with Gasteiger partial charge in [0.25, 0.3) is 0 Å². The van der Waals surface area contributed by atoms with Crippen LogP contribution in [-0.2, 0) is 4.74 Å². The van der Waals surface area contributed by atoms with Crippen LogP contribution in [0.2, 0.25) is 0 Å². The highest BCUT2D eigenvalue weighted by Gasteiger charge is 2.11. The predicted octanol–water partition coefficient (Wildman–Crippen LogP) is 7.95. The van der Waals surface area contributed by atoms with Crippen molar-refractivity contribution in [2.24, 2.45) is 5.92 Å². The van der Waals surface area contributed by atoms with Crippen LogP contribution in [0.25, 0.3) is 0 Å². The zero-order chi connectivity index (χ0) is 23.0. The van der Waals surface area contributed by atoms with E-state index >= 15 is 0 Å². The first-order chi connectivity index (χ1) is 15.1. The van der Waals surface area contributed by atoms with E-state index in [1.54, 1.807) is 0 Å². The largest absolute Gasteiger partial charge is 0.450 e. The normalized spacial score (nSPS) is 12.3. The average molecular weight is 441 g/mol. The van der Waals surface area contributed by atoms with E-state index in [2.05, 4.69) is 38.2 Å². The summed E-state index contributed by atoms with van der Waals surface area (Å²) in [5.41, 5.74) is 0. The molecule has 0 saturated carbocycles. The standard InChI is InChI=1S/C27H56N2O2/c1-5-7-9-11-12-13-14-15-16-17-18-19-21-26(25-29(3)4)22-24-31-27(30)28-23-20-10-8-6-2/h26H,5-25H2,1-4H3,(H,28,30). The number of amides is 1. The Balaban J connectivity index is 3.67. The van der Waals surface area contributed by atoms with Crippen molar-refractivity contribution in [2.45, 2.75) is 129 Å². The number of nitrogens with one attached hydrogen (secondary N) is 1. The molecule has 31 heavy (non-hydrogen) atoms. The van der Waals surface area contributed by atoms with Crippen LogP contribution in [0.3, 0.4) is 0 Å². The Morgan fingerprint density at radius 3 is 1.71 bits per heavy atom. The molecule has 0 fully saturated rings. The second-order valence-electron chi connectivity index (χ2n) is 9.72. The van der Waals surface area contributed by atoms with Crippen molar-refractivity contribution in [1.82, 2.24) is 10.2 Å². The van der Waals surface area contributed by atoms with Crippen molar-refractivity contribution in [1.29, 1.82) is 0 Å². The average Bonchev–Trinajstić information content (AvgIpc) is 2.73. The molecule has 0 aliphatic heterocycles. The van der Waals surface area contributed by atoms with Crippen molar-refractivity contribution >= 4 is 6.09 Å². The topological polar surface area (TPSA) is 41.6 Å². The molecule has 0 aromatic rings. The summed E-state index contributed by atoms with van der Waals surface area (Å²) < 4.78 is 5.41. The third kappa shape index (κ3) is 23.7. The fourth-order valence-electron chi connectivity index (χ4n) is 4.23. The number of hydrogen-bond donors (Lipinski definition) is 1. The minimum atomic E-state index is -0.245. The predicted molar refractivity (Wildman–Crippen MR) is 136 cm³/mol. The van der Waals surface area contributed by atoms with Gasteiger partial charge in [-0.25, -0.2) is 4.79 Å². The number of hydrogen-bond acceptors (Lipinski definition) is 3. The molecule has 4 nitrogen and oxygen atoms in total. The highest BCUT2D eigenvalue weighted by Crippen LogP contribution is 2.17. The zero-order valence-electron chi connectivity index (χ0n) is 21.7. The molecule has 1 unspecified atom stereocenters. The molecule has 1 N–H and O–H groups in total. The lowest BCUT2D eigenvalue weighted by atomic mass is 9.96. The summed E-state index contributed by atoms with van der Waals surface area (Å²) in [6.07, 6.45) is 23.4. The van der Waals surface area contributed by atoms with Crippen LogP contribution in [0.15, 0.2) is 0 Å². The second-order valence-corrected chi connectivity index (χ2v) is 9.72. The van der Waals surface area contributed by atoms with Gasteiger partial charge in [0.15, 0.2) is 0 Å². The highest BCUT2D eigenvalue weighted by molar-refractivity contribution is 5.66. The Labute approximate surface area is 195 Å². The number of nitrogens with zero attached hydrogens (tertiary/aromatic N) is 1. The van der Waals surface area contributed by atoms with Gasteiger partial charge in [-0.1, -0.05) is 110 Å². The molecule has 0 aliphatic rings. The van der Waals surface area contributed by atoms with Gasteiger partial charge in [0, 0.05) is 13.1 Å². The fraction of sp³-hybridized carbons (Fsp3) is 0.963. The summed E-state index contributed by atoms with van der Waals surface area (Å²) in [6.45, 7) is 6.84. The van der Waals surface area contributed by atoms with Crippen LogP contribution in [0.1, 0.15) is 129 Å². The van der Waals surface area contributed by atoms with Crippen molar-refractivity contribution in [3.63, 3.8) is 0 Å². The third-order valence-electron chi connectivity index (χ3n) is 6.15. The quantitative estimate of drug-likeness (QED) is 0.164. The molecule has 0 bridgehead atoms. The van der Waals surface area contributed by atoms with E-state index in [0.717, 1.165) is 25.9 Å². The van der Waals surface area contributed by atoms with Crippen molar-refractivity contribution in [3.8, 4) is 0 Å². The molecule has 1 amide bonds. The maximum atomic E-state index is 11.8. The van der Waals surface area contributed by atoms with Gasteiger partial charge in [0.05, 0.1) is 6.61 Å². The van der Waals surface area contributed by atoms with E-state index in [4.69, 9.17) is 4.74 Å². The van der Waals surface area contributed by atoms with Gasteiger partial charge >= 0.3 is 6.09 Å². The zero-order valence-corrected chi connectivity index (χ0v) is 21.7. The van der Waals surface area contributed by atoms with E-state index in [0.29, 0.717) is 12.5 Å². The number of alkyl carbamates (subject to hydrolysis) is 1. The van der Waals surface area contributed by atoms with Crippen LogP contribution in [0.4, 0.5) is 4.79 Å². The summed E-state index contributed by atoms with van der Waals surface area (Å²) in [5.74, 6) is 0.621. The van der Waals surface area contributed by atoms with Crippen LogP contribution in [0, 0.1) is 5.92 Å². The molecular formula is C27H56N2O2. The summed E-state index contributed by atoms with van der Waals surface area (Å²) >= 11 is 0. The number of carbonyl (C=O) groups is 1. The first kappa shape index (κ1) is 30.2. The Kier molecular flexibility index (Phi) is 23.3. The first-order valence-electron chi connectivity index (χ1n) is 13.7. The third-order valence-corrected chi connectivity index (χ3v) is 6.15. The van der Waals surface area contributed by atoms with E-state index in [1.807, 2.05) is 0 Å². The number of ether oxygens (including phenoxy) is 1. The second kappa shape index (κ2) is 23.9. The van der Waals surface area contributed by atoms with Gasteiger partial charge in [-0.2, -0.15) is 0 Å². The van der Waals surface area contributed by atoms with Gasteiger partial charge in [-0.05, 0) is 39.3 Å². The van der Waals surface area contributed by atoms with E-state index in [1.165, 1.54) is 103 Å². The lowest BCUT2D eigenvalue weighted by Crippen LogP contribution is -2.27. The summed E-state index contributed by atoms with van der Waals surface area (Å²) in [6, 6.07) is 0. The van der Waals surface area contributed by atoms with Crippen LogP contribution >= 0.6 is 0 Å². The maximum absolute atomic E-state index is 11.8. The molecule has 186 valence electrons. The molecular weight excluding hydrogens is 384 g/mol.